The summed E-state index contributed by atoms with van der Waals surface area (Å²) in [6, 6.07) is 15.0. The highest BCUT2D eigenvalue weighted by atomic mass is 35.5. The Morgan fingerprint density at radius 3 is 2.70 bits per heavy atom. The molecular formula is C26H25ClN6O4. The van der Waals surface area contributed by atoms with Gasteiger partial charge in [-0.3, -0.25) is 24.4 Å². The Hall–Kier alpha value is -4.44. The first kappa shape index (κ1) is 25.6. The van der Waals surface area contributed by atoms with Gasteiger partial charge in [-0.1, -0.05) is 18.2 Å². The molecule has 5 rings (SSSR count). The SMILES string of the molecule is Cl.O=C(O)CC(c1cccnc1)N1Cc2ccc(NC(=O)c3cccc(NC4=NCCN4)c3)cc2C1=O. The van der Waals surface area contributed by atoms with Gasteiger partial charge >= 0.3 is 5.97 Å². The van der Waals surface area contributed by atoms with Crippen LogP contribution in [0.4, 0.5) is 11.4 Å². The fraction of sp³-hybridized carbons (Fsp3) is 0.192. The van der Waals surface area contributed by atoms with Crippen molar-refractivity contribution in [2.75, 3.05) is 23.7 Å². The van der Waals surface area contributed by atoms with Gasteiger partial charge < -0.3 is 26.0 Å². The number of aliphatic carboxylic acids is 1. The Labute approximate surface area is 219 Å². The number of carboxylic acids is 1. The lowest BCUT2D eigenvalue weighted by Gasteiger charge is -2.26. The molecule has 2 aromatic carbocycles. The standard InChI is InChI=1S/C26H24N6O4.ClH/c33-23(34)13-22(17-4-2-8-27-14-17)32-15-18-6-7-20(12-21(18)25(32)36)30-24(35)16-3-1-5-19(11-16)31-26-28-9-10-29-26;/h1-8,11-12,14,22H,9-10,13,15H2,(H,30,35)(H,33,34)(H2,28,29,31);1H. The zero-order valence-electron chi connectivity index (χ0n) is 19.7. The van der Waals surface area contributed by atoms with Crippen molar-refractivity contribution in [3.8, 4) is 0 Å². The Kier molecular flexibility index (Phi) is 7.69. The van der Waals surface area contributed by atoms with Crippen LogP contribution in [-0.2, 0) is 11.3 Å². The average Bonchev–Trinajstić information content (AvgIpc) is 3.51. The van der Waals surface area contributed by atoms with Crippen LogP contribution in [0.3, 0.4) is 0 Å². The van der Waals surface area contributed by atoms with Gasteiger partial charge in [0, 0.05) is 48.0 Å². The molecule has 37 heavy (non-hydrogen) atoms. The number of halogens is 1. The van der Waals surface area contributed by atoms with Crippen molar-refractivity contribution in [1.29, 1.82) is 0 Å². The molecule has 0 saturated carbocycles. The van der Waals surface area contributed by atoms with Crippen LogP contribution in [0.25, 0.3) is 0 Å². The maximum atomic E-state index is 13.3. The molecule has 0 aliphatic carbocycles. The second kappa shape index (κ2) is 11.1. The Morgan fingerprint density at radius 1 is 1.11 bits per heavy atom. The fourth-order valence-corrected chi connectivity index (χ4v) is 4.36. The van der Waals surface area contributed by atoms with E-state index in [1.54, 1.807) is 60.9 Å². The minimum atomic E-state index is -1.01. The molecule has 4 N–H and O–H groups in total. The van der Waals surface area contributed by atoms with Gasteiger partial charge in [0.2, 0.25) is 0 Å². The van der Waals surface area contributed by atoms with E-state index in [0.29, 0.717) is 34.9 Å². The number of hydrogen-bond acceptors (Lipinski definition) is 7. The molecule has 0 saturated heterocycles. The molecule has 2 amide bonds. The second-order valence-electron chi connectivity index (χ2n) is 8.52. The van der Waals surface area contributed by atoms with E-state index in [9.17, 15) is 19.5 Å². The molecule has 2 aliphatic heterocycles. The third-order valence-corrected chi connectivity index (χ3v) is 6.07. The van der Waals surface area contributed by atoms with E-state index in [1.165, 1.54) is 4.90 Å². The van der Waals surface area contributed by atoms with Crippen LogP contribution in [0.15, 0.2) is 72.0 Å². The molecule has 0 spiro atoms. The van der Waals surface area contributed by atoms with E-state index in [1.807, 2.05) is 6.07 Å². The van der Waals surface area contributed by atoms with Crippen LogP contribution in [0.5, 0.6) is 0 Å². The smallest absolute Gasteiger partial charge is 0.305 e. The summed E-state index contributed by atoms with van der Waals surface area (Å²) in [4.78, 5) is 47.6. The van der Waals surface area contributed by atoms with Crippen molar-refractivity contribution in [3.63, 3.8) is 0 Å². The zero-order valence-corrected chi connectivity index (χ0v) is 20.5. The summed E-state index contributed by atoms with van der Waals surface area (Å²) >= 11 is 0. The van der Waals surface area contributed by atoms with Crippen LogP contribution < -0.4 is 16.0 Å². The maximum Gasteiger partial charge on any atom is 0.305 e. The number of carbonyl (C=O) groups is 3. The number of anilines is 2. The third-order valence-electron chi connectivity index (χ3n) is 6.07. The Morgan fingerprint density at radius 2 is 1.97 bits per heavy atom. The van der Waals surface area contributed by atoms with Gasteiger partial charge in [-0.2, -0.15) is 0 Å². The van der Waals surface area contributed by atoms with Crippen molar-refractivity contribution in [2.45, 2.75) is 19.0 Å². The molecule has 0 bridgehead atoms. The molecular weight excluding hydrogens is 496 g/mol. The molecule has 3 aromatic rings. The van der Waals surface area contributed by atoms with Crippen LogP contribution in [0.2, 0.25) is 0 Å². The van der Waals surface area contributed by atoms with Crippen molar-refractivity contribution in [2.24, 2.45) is 4.99 Å². The summed E-state index contributed by atoms with van der Waals surface area (Å²) in [6.45, 7) is 1.76. The van der Waals surface area contributed by atoms with Gasteiger partial charge in [0.1, 0.15) is 0 Å². The van der Waals surface area contributed by atoms with Gasteiger partial charge in [-0.05, 0) is 47.5 Å². The number of carbonyl (C=O) groups excluding carboxylic acids is 2. The minimum Gasteiger partial charge on any atom is -0.481 e. The lowest BCUT2D eigenvalue weighted by Crippen LogP contribution is -2.31. The number of aliphatic imine (C=N–C) groups is 1. The molecule has 1 aromatic heterocycles. The van der Waals surface area contributed by atoms with Gasteiger partial charge in [0.05, 0.1) is 19.0 Å². The Bertz CT molecular complexity index is 1360. The first-order chi connectivity index (χ1) is 17.5. The lowest BCUT2D eigenvalue weighted by molar-refractivity contribution is -0.138. The molecule has 190 valence electrons. The maximum absolute atomic E-state index is 13.3. The second-order valence-corrected chi connectivity index (χ2v) is 8.52. The molecule has 0 fully saturated rings. The summed E-state index contributed by atoms with van der Waals surface area (Å²) in [7, 11) is 0. The zero-order chi connectivity index (χ0) is 25.1. The summed E-state index contributed by atoms with van der Waals surface area (Å²) in [5, 5.41) is 18.6. The van der Waals surface area contributed by atoms with E-state index >= 15 is 0 Å². The van der Waals surface area contributed by atoms with Crippen molar-refractivity contribution in [1.82, 2.24) is 15.2 Å². The van der Waals surface area contributed by atoms with Crippen LogP contribution in [0.1, 0.15) is 44.3 Å². The molecule has 0 radical (unpaired) electrons. The van der Waals surface area contributed by atoms with Crippen LogP contribution in [0, 0.1) is 0 Å². The molecule has 1 unspecified atom stereocenters. The Balaban J connectivity index is 0.00000320. The molecule has 3 heterocycles. The number of nitrogens with one attached hydrogen (secondary N) is 3. The molecule has 11 heteroatoms. The van der Waals surface area contributed by atoms with Crippen molar-refractivity contribution in [3.05, 3.63) is 89.2 Å². The monoisotopic (exact) mass is 520 g/mol. The number of benzene rings is 2. The first-order valence-corrected chi connectivity index (χ1v) is 11.5. The normalized spacial score (nSPS) is 14.6. The number of pyridine rings is 1. The third kappa shape index (κ3) is 5.70. The number of amides is 2. The minimum absolute atomic E-state index is 0. The number of aromatic nitrogens is 1. The van der Waals surface area contributed by atoms with Gasteiger partial charge in [-0.25, -0.2) is 0 Å². The van der Waals surface area contributed by atoms with Gasteiger partial charge in [0.15, 0.2) is 5.96 Å². The van der Waals surface area contributed by atoms with Crippen LogP contribution in [-0.4, -0.2) is 51.8 Å². The predicted octanol–water partition coefficient (Wildman–Crippen LogP) is 3.30. The lowest BCUT2D eigenvalue weighted by atomic mass is 10.0. The summed E-state index contributed by atoms with van der Waals surface area (Å²) in [5.41, 5.74) is 3.52. The van der Waals surface area contributed by atoms with E-state index in [4.69, 9.17) is 0 Å². The summed E-state index contributed by atoms with van der Waals surface area (Å²) < 4.78 is 0. The van der Waals surface area contributed by atoms with Crippen molar-refractivity contribution >= 4 is 47.5 Å². The van der Waals surface area contributed by atoms with Crippen molar-refractivity contribution < 1.29 is 19.5 Å². The van der Waals surface area contributed by atoms with E-state index in [-0.39, 0.29) is 37.2 Å². The average molecular weight is 521 g/mol. The summed E-state index contributed by atoms with van der Waals surface area (Å²) in [5.74, 6) is -0.941. The van der Waals surface area contributed by atoms with E-state index in [2.05, 4.69) is 25.9 Å². The quantitative estimate of drug-likeness (QED) is 0.375. The van der Waals surface area contributed by atoms with Crippen LogP contribution >= 0.6 is 12.4 Å². The predicted molar refractivity (Wildman–Crippen MR) is 141 cm³/mol. The van der Waals surface area contributed by atoms with E-state index in [0.717, 1.165) is 17.8 Å². The number of nitrogens with zero attached hydrogens (tertiary/aromatic N) is 3. The molecule has 10 nitrogen and oxygen atoms in total. The highest BCUT2D eigenvalue weighted by molar-refractivity contribution is 6.07. The van der Waals surface area contributed by atoms with E-state index < -0.39 is 12.0 Å². The summed E-state index contributed by atoms with van der Waals surface area (Å²) in [6.07, 6.45) is 2.94. The largest absolute Gasteiger partial charge is 0.481 e. The molecule has 1 atom stereocenters. The molecule has 2 aliphatic rings. The number of carboxylic acid groups (broad SMARTS) is 1. The number of guanidine groups is 1. The highest BCUT2D eigenvalue weighted by Gasteiger charge is 2.35. The topological polar surface area (TPSA) is 136 Å². The number of hydrogen-bond donors (Lipinski definition) is 4. The number of fused-ring (bicyclic) bond motifs is 1. The number of rotatable bonds is 7. The first-order valence-electron chi connectivity index (χ1n) is 11.5. The fourth-order valence-electron chi connectivity index (χ4n) is 4.36. The van der Waals surface area contributed by atoms with Gasteiger partial charge in [0.25, 0.3) is 11.8 Å². The van der Waals surface area contributed by atoms with Gasteiger partial charge in [-0.15, -0.1) is 12.4 Å². The highest BCUT2D eigenvalue weighted by Crippen LogP contribution is 2.34.